The van der Waals surface area contributed by atoms with E-state index >= 15 is 0 Å². The van der Waals surface area contributed by atoms with Gasteiger partial charge in [0.2, 0.25) is 15.9 Å². The third kappa shape index (κ3) is 5.81. The molecule has 2 aromatic carbocycles. The normalized spacial score (nSPS) is 11.3. The summed E-state index contributed by atoms with van der Waals surface area (Å²) in [4.78, 5) is 12.3. The molecule has 0 saturated heterocycles. The lowest BCUT2D eigenvalue weighted by atomic mass is 9.95. The summed E-state index contributed by atoms with van der Waals surface area (Å²) < 4.78 is 33.7. The molecule has 0 bridgehead atoms. The van der Waals surface area contributed by atoms with Gasteiger partial charge in [0, 0.05) is 13.0 Å². The molecule has 0 unspecified atom stereocenters. The summed E-state index contributed by atoms with van der Waals surface area (Å²) in [5.74, 6) is 0.512. The maximum Gasteiger partial charge on any atom is 0.241 e. The van der Waals surface area contributed by atoms with Crippen LogP contribution in [0.4, 0.5) is 0 Å². The zero-order chi connectivity index (χ0) is 21.6. The fourth-order valence-corrected chi connectivity index (χ4v) is 4.83. The van der Waals surface area contributed by atoms with E-state index in [0.717, 1.165) is 33.6 Å². The topological polar surface area (TPSA) is 84.5 Å². The zero-order valence-electron chi connectivity index (χ0n) is 17.8. The van der Waals surface area contributed by atoms with Crippen LogP contribution in [-0.4, -0.2) is 34.0 Å². The third-order valence-corrected chi connectivity index (χ3v) is 7.01. The van der Waals surface area contributed by atoms with Crippen LogP contribution in [0.3, 0.4) is 0 Å². The molecule has 0 aliphatic carbocycles. The molecule has 2 aromatic rings. The molecule has 0 aromatic heterocycles. The lowest BCUT2D eigenvalue weighted by molar-refractivity contribution is -0.121. The van der Waals surface area contributed by atoms with E-state index < -0.39 is 10.0 Å². The fraction of sp³-hybridized carbons (Fsp3) is 0.409. The van der Waals surface area contributed by atoms with Crippen molar-refractivity contribution in [2.75, 3.05) is 19.7 Å². The number of carbonyl (C=O) groups is 1. The molecule has 0 radical (unpaired) electrons. The molecule has 158 valence electrons. The van der Waals surface area contributed by atoms with E-state index in [2.05, 4.69) is 10.0 Å². The van der Waals surface area contributed by atoms with E-state index in [1.807, 2.05) is 65.0 Å². The van der Waals surface area contributed by atoms with Crippen molar-refractivity contribution in [2.45, 2.75) is 45.9 Å². The summed E-state index contributed by atoms with van der Waals surface area (Å²) in [6.07, 6.45) is 0.0620. The molecule has 0 spiro atoms. The molecule has 29 heavy (non-hydrogen) atoms. The Labute approximate surface area is 173 Å². The minimum atomic E-state index is -3.69. The van der Waals surface area contributed by atoms with Crippen molar-refractivity contribution in [3.8, 4) is 5.75 Å². The lowest BCUT2D eigenvalue weighted by Crippen LogP contribution is -2.33. The Kier molecular flexibility index (Phi) is 7.81. The van der Waals surface area contributed by atoms with Gasteiger partial charge in [-0.05, 0) is 74.6 Å². The molecule has 0 saturated carbocycles. The quantitative estimate of drug-likeness (QED) is 0.613. The smallest absolute Gasteiger partial charge is 0.241 e. The van der Waals surface area contributed by atoms with E-state index in [9.17, 15) is 13.2 Å². The molecule has 1 amide bonds. The molecule has 0 fully saturated rings. The molecular formula is C22H30N2O4S. The number of hydrogen-bond acceptors (Lipinski definition) is 4. The second-order valence-electron chi connectivity index (χ2n) is 7.11. The van der Waals surface area contributed by atoms with E-state index in [1.165, 1.54) is 0 Å². The molecular weight excluding hydrogens is 388 g/mol. The van der Waals surface area contributed by atoms with Crippen molar-refractivity contribution in [3.63, 3.8) is 0 Å². The van der Waals surface area contributed by atoms with Crippen molar-refractivity contribution in [3.05, 3.63) is 58.1 Å². The van der Waals surface area contributed by atoms with Crippen LogP contribution in [0.1, 0.15) is 34.2 Å². The standard InChI is InChI=1S/C22H30N2O4S/c1-15-16(2)18(4)22(19(5)17(15)3)29(26,27)24-12-11-21(25)23-13-14-28-20-9-7-6-8-10-20/h6-10,24H,11-14H2,1-5H3,(H,23,25). The highest BCUT2D eigenvalue weighted by molar-refractivity contribution is 7.89. The van der Waals surface area contributed by atoms with Gasteiger partial charge in [-0.15, -0.1) is 0 Å². The fourth-order valence-electron chi connectivity index (χ4n) is 3.20. The largest absolute Gasteiger partial charge is 0.492 e. The maximum absolute atomic E-state index is 12.8. The van der Waals surface area contributed by atoms with Gasteiger partial charge in [-0.25, -0.2) is 13.1 Å². The van der Waals surface area contributed by atoms with Crippen LogP contribution >= 0.6 is 0 Å². The highest BCUT2D eigenvalue weighted by Gasteiger charge is 2.23. The summed E-state index contributed by atoms with van der Waals surface area (Å²) in [5.41, 5.74) is 4.56. The van der Waals surface area contributed by atoms with Gasteiger partial charge in [0.1, 0.15) is 12.4 Å². The Hall–Kier alpha value is -2.38. The van der Waals surface area contributed by atoms with Gasteiger partial charge >= 0.3 is 0 Å². The first kappa shape index (κ1) is 22.9. The van der Waals surface area contributed by atoms with Gasteiger partial charge in [0.05, 0.1) is 11.4 Å². The predicted molar refractivity (Wildman–Crippen MR) is 115 cm³/mol. The Morgan fingerprint density at radius 3 is 2.00 bits per heavy atom. The minimum Gasteiger partial charge on any atom is -0.492 e. The van der Waals surface area contributed by atoms with E-state index in [4.69, 9.17) is 4.74 Å². The minimum absolute atomic E-state index is 0.0402. The van der Waals surface area contributed by atoms with Gasteiger partial charge < -0.3 is 10.1 Å². The molecule has 7 heteroatoms. The van der Waals surface area contributed by atoms with Crippen molar-refractivity contribution in [2.24, 2.45) is 0 Å². The summed E-state index contributed by atoms with van der Waals surface area (Å²) >= 11 is 0. The first-order chi connectivity index (χ1) is 13.6. The summed E-state index contributed by atoms with van der Waals surface area (Å²) in [6, 6.07) is 9.34. The first-order valence-corrected chi connectivity index (χ1v) is 11.1. The van der Waals surface area contributed by atoms with Crippen LogP contribution in [0.15, 0.2) is 35.2 Å². The van der Waals surface area contributed by atoms with Gasteiger partial charge in [0.15, 0.2) is 0 Å². The Balaban J connectivity index is 1.86. The SMILES string of the molecule is Cc1c(C)c(C)c(S(=O)(=O)NCCC(=O)NCCOc2ccccc2)c(C)c1C. The monoisotopic (exact) mass is 418 g/mol. The molecule has 2 rings (SSSR count). The number of para-hydroxylation sites is 1. The molecule has 0 aliphatic heterocycles. The number of sulfonamides is 1. The summed E-state index contributed by atoms with van der Waals surface area (Å²) in [7, 11) is -3.69. The molecule has 0 heterocycles. The zero-order valence-corrected chi connectivity index (χ0v) is 18.6. The van der Waals surface area contributed by atoms with Crippen LogP contribution < -0.4 is 14.8 Å². The van der Waals surface area contributed by atoms with E-state index in [1.54, 1.807) is 0 Å². The van der Waals surface area contributed by atoms with Crippen LogP contribution in [0.25, 0.3) is 0 Å². The predicted octanol–water partition coefficient (Wildman–Crippen LogP) is 3.09. The summed E-state index contributed by atoms with van der Waals surface area (Å²) in [6.45, 7) is 10.3. The highest BCUT2D eigenvalue weighted by Crippen LogP contribution is 2.29. The van der Waals surface area contributed by atoms with Gasteiger partial charge in [-0.3, -0.25) is 4.79 Å². The van der Waals surface area contributed by atoms with Crippen molar-refractivity contribution in [1.82, 2.24) is 10.0 Å². The second-order valence-corrected chi connectivity index (χ2v) is 8.82. The number of ether oxygens (including phenoxy) is 1. The Morgan fingerprint density at radius 1 is 0.862 bits per heavy atom. The average molecular weight is 419 g/mol. The van der Waals surface area contributed by atoms with Crippen molar-refractivity contribution < 1.29 is 17.9 Å². The van der Waals surface area contributed by atoms with Gasteiger partial charge in [-0.2, -0.15) is 0 Å². The number of benzene rings is 2. The summed E-state index contributed by atoms with van der Waals surface area (Å²) in [5, 5.41) is 2.73. The first-order valence-electron chi connectivity index (χ1n) is 9.66. The van der Waals surface area contributed by atoms with Gasteiger partial charge in [-0.1, -0.05) is 18.2 Å². The maximum atomic E-state index is 12.8. The molecule has 0 atom stereocenters. The lowest BCUT2D eigenvalue weighted by Gasteiger charge is -2.19. The molecule has 2 N–H and O–H groups in total. The average Bonchev–Trinajstić information content (AvgIpc) is 2.69. The number of rotatable bonds is 9. The van der Waals surface area contributed by atoms with Crippen LogP contribution in [0.2, 0.25) is 0 Å². The highest BCUT2D eigenvalue weighted by atomic mass is 32.2. The Morgan fingerprint density at radius 2 is 1.41 bits per heavy atom. The Bertz CT molecular complexity index is 941. The molecule has 0 aliphatic rings. The number of nitrogens with one attached hydrogen (secondary N) is 2. The van der Waals surface area contributed by atoms with Crippen LogP contribution in [0.5, 0.6) is 5.75 Å². The van der Waals surface area contributed by atoms with Crippen molar-refractivity contribution in [1.29, 1.82) is 0 Å². The van der Waals surface area contributed by atoms with E-state index in [0.29, 0.717) is 18.0 Å². The van der Waals surface area contributed by atoms with Gasteiger partial charge in [0.25, 0.3) is 0 Å². The van der Waals surface area contributed by atoms with E-state index in [-0.39, 0.29) is 18.9 Å². The van der Waals surface area contributed by atoms with Crippen LogP contribution in [-0.2, 0) is 14.8 Å². The van der Waals surface area contributed by atoms with Crippen LogP contribution in [0, 0.1) is 34.6 Å². The number of hydrogen-bond donors (Lipinski definition) is 2. The van der Waals surface area contributed by atoms with Crippen molar-refractivity contribution >= 4 is 15.9 Å². The third-order valence-electron chi connectivity index (χ3n) is 5.28. The number of amides is 1. The number of carbonyl (C=O) groups excluding carboxylic acids is 1. The molecule has 6 nitrogen and oxygen atoms in total. The second kappa shape index (κ2) is 9.89.